The summed E-state index contributed by atoms with van der Waals surface area (Å²) in [6.45, 7) is 0. The van der Waals surface area contributed by atoms with Gasteiger partial charge in [0.05, 0.1) is 0 Å². The minimum absolute atomic E-state index is 0.837. The van der Waals surface area contributed by atoms with Crippen LogP contribution in [-0.4, -0.2) is 11.5 Å². The smallest absolute Gasteiger partial charge is 0.0417 e. The lowest BCUT2D eigenvalue weighted by Gasteiger charge is -2.03. The second-order valence-electron chi connectivity index (χ2n) is 4.50. The number of benzene rings is 1. The second kappa shape index (κ2) is 11.1. The van der Waals surface area contributed by atoms with Crippen LogP contribution in [0.5, 0.6) is 0 Å². The summed E-state index contributed by atoms with van der Waals surface area (Å²) in [7, 11) is 0. The molecule has 0 fully saturated rings. The van der Waals surface area contributed by atoms with Crippen molar-refractivity contribution in [2.24, 2.45) is 0 Å². The van der Waals surface area contributed by atoms with E-state index in [9.17, 15) is 0 Å². The van der Waals surface area contributed by atoms with E-state index in [4.69, 9.17) is 11.6 Å². The Bertz CT molecular complexity index is 315. The van der Waals surface area contributed by atoms with E-state index < -0.39 is 0 Å². The maximum absolute atomic E-state index is 5.95. The molecule has 102 valence electrons. The minimum atomic E-state index is 0.837. The molecule has 0 spiro atoms. The number of unbranched alkanes of at least 4 members (excludes halogenated alkanes) is 6. The standard InChI is InChI=1S/C15H23ClS2/c16-14-9-8-10-15(13-14)18-12-7-5-3-1-2-4-6-11-17/h8-10,13,17H,1-7,11-12H2. The van der Waals surface area contributed by atoms with Gasteiger partial charge in [-0.15, -0.1) is 11.8 Å². The highest BCUT2D eigenvalue weighted by molar-refractivity contribution is 7.99. The third kappa shape index (κ3) is 8.34. The first-order chi connectivity index (χ1) is 8.83. The van der Waals surface area contributed by atoms with E-state index in [1.807, 2.05) is 30.0 Å². The topological polar surface area (TPSA) is 0 Å². The molecule has 18 heavy (non-hydrogen) atoms. The zero-order valence-electron chi connectivity index (χ0n) is 10.9. The molecule has 0 aliphatic carbocycles. The molecule has 0 saturated heterocycles. The van der Waals surface area contributed by atoms with Gasteiger partial charge in [-0.2, -0.15) is 12.6 Å². The van der Waals surface area contributed by atoms with E-state index in [2.05, 4.69) is 18.7 Å². The predicted molar refractivity (Wildman–Crippen MR) is 88.3 cm³/mol. The molecule has 0 saturated carbocycles. The monoisotopic (exact) mass is 302 g/mol. The van der Waals surface area contributed by atoms with Gasteiger partial charge in [-0.1, -0.05) is 49.8 Å². The van der Waals surface area contributed by atoms with Gasteiger partial charge in [0.15, 0.2) is 0 Å². The van der Waals surface area contributed by atoms with E-state index in [1.54, 1.807) is 0 Å². The average molecular weight is 303 g/mol. The van der Waals surface area contributed by atoms with Crippen LogP contribution < -0.4 is 0 Å². The molecule has 0 aromatic heterocycles. The highest BCUT2D eigenvalue weighted by Crippen LogP contribution is 2.23. The van der Waals surface area contributed by atoms with Gasteiger partial charge in [0.1, 0.15) is 0 Å². The fourth-order valence-corrected chi connectivity index (χ4v) is 3.29. The molecular formula is C15H23ClS2. The molecule has 0 heterocycles. The Balaban J connectivity index is 1.92. The van der Waals surface area contributed by atoms with Crippen molar-refractivity contribution in [2.45, 2.75) is 49.8 Å². The Morgan fingerprint density at radius 2 is 1.61 bits per heavy atom. The lowest BCUT2D eigenvalue weighted by atomic mass is 10.1. The van der Waals surface area contributed by atoms with Gasteiger partial charge in [0.25, 0.3) is 0 Å². The molecular weight excluding hydrogens is 280 g/mol. The predicted octanol–water partition coefficient (Wildman–Crippen LogP) is 6.09. The molecule has 0 aliphatic heterocycles. The molecule has 0 unspecified atom stereocenters. The first kappa shape index (κ1) is 16.3. The minimum Gasteiger partial charge on any atom is -0.179 e. The van der Waals surface area contributed by atoms with Crippen LogP contribution in [0.15, 0.2) is 29.2 Å². The van der Waals surface area contributed by atoms with Crippen LogP contribution in [0, 0.1) is 0 Å². The Morgan fingerprint density at radius 3 is 2.28 bits per heavy atom. The van der Waals surface area contributed by atoms with Crippen LogP contribution in [-0.2, 0) is 0 Å². The van der Waals surface area contributed by atoms with Crippen molar-refractivity contribution in [3.63, 3.8) is 0 Å². The molecule has 0 bridgehead atoms. The van der Waals surface area contributed by atoms with Crippen molar-refractivity contribution in [3.05, 3.63) is 29.3 Å². The highest BCUT2D eigenvalue weighted by atomic mass is 35.5. The van der Waals surface area contributed by atoms with Crippen molar-refractivity contribution in [1.29, 1.82) is 0 Å². The van der Waals surface area contributed by atoms with Crippen molar-refractivity contribution in [3.8, 4) is 0 Å². The number of hydrogen-bond acceptors (Lipinski definition) is 2. The second-order valence-corrected chi connectivity index (χ2v) is 6.56. The average Bonchev–Trinajstić information content (AvgIpc) is 2.37. The number of rotatable bonds is 10. The van der Waals surface area contributed by atoms with Crippen molar-refractivity contribution in [2.75, 3.05) is 11.5 Å². The fourth-order valence-electron chi connectivity index (χ4n) is 1.84. The quantitative estimate of drug-likeness (QED) is 0.310. The molecule has 1 rings (SSSR count). The van der Waals surface area contributed by atoms with Crippen LogP contribution in [0.2, 0.25) is 5.02 Å². The Hall–Kier alpha value is 0.210. The third-order valence-corrected chi connectivity index (χ3v) is 4.50. The number of halogens is 1. The first-order valence-electron chi connectivity index (χ1n) is 6.82. The highest BCUT2D eigenvalue weighted by Gasteiger charge is 1.96. The summed E-state index contributed by atoms with van der Waals surface area (Å²) >= 11 is 12.1. The Morgan fingerprint density at radius 1 is 0.944 bits per heavy atom. The van der Waals surface area contributed by atoms with Gasteiger partial charge in [0, 0.05) is 9.92 Å². The van der Waals surface area contributed by atoms with E-state index in [1.165, 1.54) is 55.6 Å². The summed E-state index contributed by atoms with van der Waals surface area (Å²) in [5.41, 5.74) is 0. The van der Waals surface area contributed by atoms with Gasteiger partial charge in [-0.25, -0.2) is 0 Å². The maximum atomic E-state index is 5.95. The lowest BCUT2D eigenvalue weighted by molar-refractivity contribution is 0.605. The Labute approximate surface area is 126 Å². The van der Waals surface area contributed by atoms with E-state index in [0.717, 1.165) is 10.8 Å². The van der Waals surface area contributed by atoms with E-state index in [-0.39, 0.29) is 0 Å². The van der Waals surface area contributed by atoms with Gasteiger partial charge in [0.2, 0.25) is 0 Å². The zero-order chi connectivity index (χ0) is 13.1. The van der Waals surface area contributed by atoms with E-state index >= 15 is 0 Å². The summed E-state index contributed by atoms with van der Waals surface area (Å²) in [6.07, 6.45) is 9.42. The van der Waals surface area contributed by atoms with Crippen LogP contribution in [0.3, 0.4) is 0 Å². The zero-order valence-corrected chi connectivity index (χ0v) is 13.4. The van der Waals surface area contributed by atoms with Crippen LogP contribution >= 0.6 is 36.0 Å². The lowest BCUT2D eigenvalue weighted by Crippen LogP contribution is -1.84. The van der Waals surface area contributed by atoms with E-state index in [0.29, 0.717) is 0 Å². The molecule has 0 nitrogen and oxygen atoms in total. The van der Waals surface area contributed by atoms with Crippen molar-refractivity contribution in [1.82, 2.24) is 0 Å². The van der Waals surface area contributed by atoms with Crippen molar-refractivity contribution >= 4 is 36.0 Å². The van der Waals surface area contributed by atoms with Gasteiger partial charge < -0.3 is 0 Å². The van der Waals surface area contributed by atoms with Crippen LogP contribution in [0.1, 0.15) is 44.9 Å². The molecule has 0 radical (unpaired) electrons. The van der Waals surface area contributed by atoms with Gasteiger partial charge in [-0.3, -0.25) is 0 Å². The van der Waals surface area contributed by atoms with Gasteiger partial charge in [-0.05, 0) is 42.5 Å². The molecule has 3 heteroatoms. The van der Waals surface area contributed by atoms with Crippen LogP contribution in [0.4, 0.5) is 0 Å². The number of thiol groups is 1. The summed E-state index contributed by atoms with van der Waals surface area (Å²) in [6, 6.07) is 8.13. The molecule has 1 aromatic carbocycles. The van der Waals surface area contributed by atoms with Crippen molar-refractivity contribution < 1.29 is 0 Å². The molecule has 1 aromatic rings. The Kier molecular flexibility index (Phi) is 10.0. The molecule has 0 amide bonds. The summed E-state index contributed by atoms with van der Waals surface area (Å²) in [5, 5.41) is 0.837. The number of thioether (sulfide) groups is 1. The SMILES string of the molecule is SCCCCCCCCCSc1cccc(Cl)c1. The number of hydrogen-bond donors (Lipinski definition) is 1. The maximum Gasteiger partial charge on any atom is 0.0417 e. The van der Waals surface area contributed by atoms with Crippen LogP contribution in [0.25, 0.3) is 0 Å². The largest absolute Gasteiger partial charge is 0.179 e. The summed E-state index contributed by atoms with van der Waals surface area (Å²) < 4.78 is 0. The third-order valence-electron chi connectivity index (χ3n) is 2.87. The normalized spacial score (nSPS) is 10.8. The molecule has 0 N–H and O–H groups in total. The summed E-state index contributed by atoms with van der Waals surface area (Å²) in [4.78, 5) is 1.29. The molecule has 0 aliphatic rings. The first-order valence-corrected chi connectivity index (χ1v) is 8.82. The summed E-state index contributed by atoms with van der Waals surface area (Å²) in [5.74, 6) is 2.24. The van der Waals surface area contributed by atoms with Gasteiger partial charge >= 0.3 is 0 Å². The fraction of sp³-hybridized carbons (Fsp3) is 0.600. The molecule has 0 atom stereocenters.